The number of carbonyl (C=O) groups excluding carboxylic acids is 1. The first-order valence-corrected chi connectivity index (χ1v) is 6.78. The summed E-state index contributed by atoms with van der Waals surface area (Å²) in [4.78, 5) is 14.8. The third kappa shape index (κ3) is 1.85. The van der Waals surface area contributed by atoms with Gasteiger partial charge in [-0.15, -0.1) is 11.3 Å². The molecule has 1 aromatic heterocycles. The lowest BCUT2D eigenvalue weighted by molar-refractivity contribution is 0.0501. The van der Waals surface area contributed by atoms with Crippen LogP contribution in [0.2, 0.25) is 0 Å². The molecular formula is C13H16N2OS. The van der Waals surface area contributed by atoms with Crippen LogP contribution >= 0.6 is 11.3 Å². The Bertz CT molecular complexity index is 468. The van der Waals surface area contributed by atoms with E-state index in [1.54, 1.807) is 11.9 Å². The molecule has 0 unspecified atom stereocenters. The third-order valence-corrected chi connectivity index (χ3v) is 4.60. The normalized spacial score (nSPS) is 17.0. The topological polar surface area (TPSA) is 44.1 Å². The summed E-state index contributed by atoms with van der Waals surface area (Å²) in [5, 5.41) is 11.2. The number of nitriles is 1. The second-order valence-electron chi connectivity index (χ2n) is 4.49. The molecule has 0 atom stereocenters. The highest BCUT2D eigenvalue weighted by molar-refractivity contribution is 7.12. The lowest BCUT2D eigenvalue weighted by Crippen LogP contribution is -2.53. The van der Waals surface area contributed by atoms with Crippen LogP contribution in [0.3, 0.4) is 0 Å². The summed E-state index contributed by atoms with van der Waals surface area (Å²) in [5.41, 5.74) is 0.533. The number of hydrogen-bond acceptors (Lipinski definition) is 3. The molecule has 0 aliphatic heterocycles. The maximum atomic E-state index is 12.4. The zero-order valence-corrected chi connectivity index (χ0v) is 11.0. The monoisotopic (exact) mass is 248 g/mol. The Morgan fingerprint density at radius 1 is 1.65 bits per heavy atom. The van der Waals surface area contributed by atoms with Gasteiger partial charge in [0.15, 0.2) is 0 Å². The Kier molecular flexibility index (Phi) is 3.21. The smallest absolute Gasteiger partial charge is 0.265 e. The first-order chi connectivity index (χ1) is 8.14. The van der Waals surface area contributed by atoms with Crippen molar-refractivity contribution in [1.29, 1.82) is 5.26 Å². The van der Waals surface area contributed by atoms with Crippen molar-refractivity contribution in [3.05, 3.63) is 21.9 Å². The Labute approximate surface area is 106 Å². The van der Waals surface area contributed by atoms with Crippen molar-refractivity contribution >= 4 is 17.2 Å². The fourth-order valence-corrected chi connectivity index (χ4v) is 3.15. The van der Waals surface area contributed by atoms with Crippen LogP contribution in [0.4, 0.5) is 0 Å². The van der Waals surface area contributed by atoms with Crippen LogP contribution in [-0.4, -0.2) is 23.4 Å². The van der Waals surface area contributed by atoms with E-state index < -0.39 is 5.54 Å². The lowest BCUT2D eigenvalue weighted by atomic mass is 9.76. The summed E-state index contributed by atoms with van der Waals surface area (Å²) in [6.07, 6.45) is 3.51. The standard InChI is InChI=1S/C13H16N2OS/c1-3-10-5-8-17-11(10)12(16)15(2)13(9-14)6-4-7-13/h5,8H,3-4,6-7H2,1-2H3. The van der Waals surface area contributed by atoms with Crippen molar-refractivity contribution in [1.82, 2.24) is 4.90 Å². The minimum Gasteiger partial charge on any atom is -0.322 e. The molecule has 2 rings (SSSR count). The summed E-state index contributed by atoms with van der Waals surface area (Å²) in [6.45, 7) is 2.04. The molecule has 17 heavy (non-hydrogen) atoms. The fourth-order valence-electron chi connectivity index (χ4n) is 2.18. The van der Waals surface area contributed by atoms with E-state index >= 15 is 0 Å². The van der Waals surface area contributed by atoms with Crippen molar-refractivity contribution in [2.24, 2.45) is 0 Å². The largest absolute Gasteiger partial charge is 0.322 e. The van der Waals surface area contributed by atoms with Crippen LogP contribution in [-0.2, 0) is 6.42 Å². The molecule has 0 aromatic carbocycles. The number of hydrogen-bond donors (Lipinski definition) is 0. The van der Waals surface area contributed by atoms with Crippen LogP contribution in [0.15, 0.2) is 11.4 Å². The van der Waals surface area contributed by atoms with E-state index in [0.29, 0.717) is 0 Å². The summed E-state index contributed by atoms with van der Waals surface area (Å²) in [5.74, 6) is -0.00176. The highest BCUT2D eigenvalue weighted by atomic mass is 32.1. The maximum Gasteiger partial charge on any atom is 0.265 e. The summed E-state index contributed by atoms with van der Waals surface area (Å²) in [6, 6.07) is 4.30. The van der Waals surface area contributed by atoms with E-state index in [2.05, 4.69) is 6.07 Å². The maximum absolute atomic E-state index is 12.4. The molecule has 1 saturated carbocycles. The van der Waals surface area contributed by atoms with Crippen molar-refractivity contribution in [3.8, 4) is 6.07 Å². The van der Waals surface area contributed by atoms with Gasteiger partial charge in [0.25, 0.3) is 5.91 Å². The summed E-state index contributed by atoms with van der Waals surface area (Å²) >= 11 is 1.47. The van der Waals surface area contributed by atoms with Gasteiger partial charge in [-0.25, -0.2) is 0 Å². The Balaban J connectivity index is 2.24. The van der Waals surface area contributed by atoms with Gasteiger partial charge in [-0.2, -0.15) is 5.26 Å². The predicted molar refractivity (Wildman–Crippen MR) is 68.0 cm³/mol. The predicted octanol–water partition coefficient (Wildman–Crippen LogP) is 2.83. The molecule has 0 spiro atoms. The van der Waals surface area contributed by atoms with Gasteiger partial charge >= 0.3 is 0 Å². The number of aryl methyl sites for hydroxylation is 1. The van der Waals surface area contributed by atoms with E-state index in [9.17, 15) is 10.1 Å². The van der Waals surface area contributed by atoms with E-state index in [-0.39, 0.29) is 5.91 Å². The Morgan fingerprint density at radius 2 is 2.35 bits per heavy atom. The average molecular weight is 248 g/mol. The van der Waals surface area contributed by atoms with Crippen LogP contribution in [0, 0.1) is 11.3 Å². The minimum absolute atomic E-state index is 0.00176. The van der Waals surface area contributed by atoms with Gasteiger partial charge in [0.05, 0.1) is 10.9 Å². The van der Waals surface area contributed by atoms with E-state index in [4.69, 9.17) is 0 Å². The number of nitrogens with zero attached hydrogens (tertiary/aromatic N) is 2. The molecule has 0 saturated heterocycles. The molecule has 1 amide bonds. The van der Waals surface area contributed by atoms with Gasteiger partial charge < -0.3 is 4.90 Å². The molecule has 90 valence electrons. The Morgan fingerprint density at radius 3 is 2.82 bits per heavy atom. The van der Waals surface area contributed by atoms with Crippen molar-refractivity contribution in [2.45, 2.75) is 38.1 Å². The SMILES string of the molecule is CCc1ccsc1C(=O)N(C)C1(C#N)CCC1. The first kappa shape index (κ1) is 12.1. The summed E-state index contributed by atoms with van der Waals surface area (Å²) < 4.78 is 0. The van der Waals surface area contributed by atoms with Crippen molar-refractivity contribution < 1.29 is 4.79 Å². The van der Waals surface area contributed by atoms with E-state index in [1.807, 2.05) is 18.4 Å². The third-order valence-electron chi connectivity index (χ3n) is 3.66. The van der Waals surface area contributed by atoms with Gasteiger partial charge in [-0.1, -0.05) is 6.92 Å². The van der Waals surface area contributed by atoms with Gasteiger partial charge in [-0.05, 0) is 42.7 Å². The van der Waals surface area contributed by atoms with Crippen LogP contribution < -0.4 is 0 Å². The zero-order valence-electron chi connectivity index (χ0n) is 10.2. The van der Waals surface area contributed by atoms with Crippen molar-refractivity contribution in [2.75, 3.05) is 7.05 Å². The number of amides is 1. The molecular weight excluding hydrogens is 232 g/mol. The number of thiophene rings is 1. The van der Waals surface area contributed by atoms with Crippen LogP contribution in [0.1, 0.15) is 41.4 Å². The fraction of sp³-hybridized carbons (Fsp3) is 0.538. The lowest BCUT2D eigenvalue weighted by Gasteiger charge is -2.42. The average Bonchev–Trinajstić information content (AvgIpc) is 2.75. The molecule has 1 fully saturated rings. The van der Waals surface area contributed by atoms with Gasteiger partial charge in [0, 0.05) is 7.05 Å². The summed E-state index contributed by atoms with van der Waals surface area (Å²) in [7, 11) is 1.75. The molecule has 1 aromatic rings. The Hall–Kier alpha value is -1.34. The second-order valence-corrected chi connectivity index (χ2v) is 5.41. The van der Waals surface area contributed by atoms with E-state index in [1.165, 1.54) is 11.3 Å². The highest BCUT2D eigenvalue weighted by Crippen LogP contribution is 2.37. The number of rotatable bonds is 3. The molecule has 1 heterocycles. The van der Waals surface area contributed by atoms with Crippen LogP contribution in [0.5, 0.6) is 0 Å². The highest BCUT2D eigenvalue weighted by Gasteiger charge is 2.44. The molecule has 4 heteroatoms. The molecule has 0 radical (unpaired) electrons. The quantitative estimate of drug-likeness (QED) is 0.825. The van der Waals surface area contributed by atoms with Gasteiger partial charge in [0.2, 0.25) is 0 Å². The molecule has 1 aliphatic rings. The molecule has 1 aliphatic carbocycles. The zero-order chi connectivity index (χ0) is 12.5. The van der Waals surface area contributed by atoms with Gasteiger partial charge in [0.1, 0.15) is 5.54 Å². The van der Waals surface area contributed by atoms with Gasteiger partial charge in [-0.3, -0.25) is 4.79 Å². The van der Waals surface area contributed by atoms with E-state index in [0.717, 1.165) is 36.1 Å². The molecule has 0 bridgehead atoms. The minimum atomic E-state index is -0.550. The van der Waals surface area contributed by atoms with Crippen LogP contribution in [0.25, 0.3) is 0 Å². The molecule has 3 nitrogen and oxygen atoms in total. The molecule has 0 N–H and O–H groups in total. The van der Waals surface area contributed by atoms with Crippen molar-refractivity contribution in [3.63, 3.8) is 0 Å². The second kappa shape index (κ2) is 4.50. The first-order valence-electron chi connectivity index (χ1n) is 5.90. The number of carbonyl (C=O) groups is 1.